The molecular formula is C17H17FN4O. The number of carbonyl (C=O) groups is 1. The number of anilines is 1. The third-order valence-corrected chi connectivity index (χ3v) is 3.53. The summed E-state index contributed by atoms with van der Waals surface area (Å²) >= 11 is 0. The Morgan fingerprint density at radius 1 is 1.26 bits per heavy atom. The fourth-order valence-corrected chi connectivity index (χ4v) is 2.27. The van der Waals surface area contributed by atoms with Crippen molar-refractivity contribution < 1.29 is 9.18 Å². The van der Waals surface area contributed by atoms with Crippen LogP contribution in [0.3, 0.4) is 0 Å². The predicted molar refractivity (Wildman–Crippen MR) is 85.8 cm³/mol. The summed E-state index contributed by atoms with van der Waals surface area (Å²) in [4.78, 5) is 20.6. The van der Waals surface area contributed by atoms with Crippen molar-refractivity contribution in [2.45, 2.75) is 26.2 Å². The highest BCUT2D eigenvalue weighted by Crippen LogP contribution is 2.15. The summed E-state index contributed by atoms with van der Waals surface area (Å²) in [7, 11) is 0. The van der Waals surface area contributed by atoms with E-state index in [0.717, 1.165) is 5.56 Å². The van der Waals surface area contributed by atoms with Gasteiger partial charge in [0.1, 0.15) is 17.3 Å². The number of hydrogen-bond donors (Lipinski definition) is 1. The molecule has 0 bridgehead atoms. The van der Waals surface area contributed by atoms with E-state index >= 15 is 0 Å². The molecule has 0 unspecified atom stereocenters. The normalized spacial score (nSPS) is 11.1. The monoisotopic (exact) mass is 312 g/mol. The molecule has 118 valence electrons. The minimum atomic E-state index is -0.347. The van der Waals surface area contributed by atoms with Crippen LogP contribution < -0.4 is 5.32 Å². The minimum absolute atomic E-state index is 0.108. The molecule has 6 heteroatoms. The second kappa shape index (κ2) is 6.16. The number of fused-ring (bicyclic) bond motifs is 1. The number of pyridine rings is 2. The third kappa shape index (κ3) is 3.53. The summed E-state index contributed by atoms with van der Waals surface area (Å²) in [6, 6.07) is 6.64. The van der Waals surface area contributed by atoms with Crippen LogP contribution in [0.1, 0.15) is 31.0 Å². The first-order valence-electron chi connectivity index (χ1n) is 7.40. The summed E-state index contributed by atoms with van der Waals surface area (Å²) in [6.07, 6.45) is 4.84. The van der Waals surface area contributed by atoms with Gasteiger partial charge in [-0.2, -0.15) is 0 Å². The van der Waals surface area contributed by atoms with E-state index in [2.05, 4.69) is 29.1 Å². The molecule has 3 heterocycles. The molecule has 0 spiro atoms. The van der Waals surface area contributed by atoms with Crippen LogP contribution in [0.5, 0.6) is 0 Å². The first-order valence-corrected chi connectivity index (χ1v) is 7.40. The van der Waals surface area contributed by atoms with E-state index in [0.29, 0.717) is 23.1 Å². The Hall–Kier alpha value is -2.76. The molecule has 1 N–H and O–H groups in total. The van der Waals surface area contributed by atoms with Crippen LogP contribution in [0, 0.1) is 5.82 Å². The molecule has 0 aromatic carbocycles. The Morgan fingerprint density at radius 3 is 2.78 bits per heavy atom. The topological polar surface area (TPSA) is 59.3 Å². The SMILES string of the molecule is CC(C)c1ccc(NC(=O)Cc2cn3cc(F)ccc3n2)nc1. The van der Waals surface area contributed by atoms with Gasteiger partial charge in [0.25, 0.3) is 0 Å². The van der Waals surface area contributed by atoms with Gasteiger partial charge < -0.3 is 9.72 Å². The quantitative estimate of drug-likeness (QED) is 0.805. The molecule has 1 amide bonds. The van der Waals surface area contributed by atoms with E-state index in [1.54, 1.807) is 28.9 Å². The third-order valence-electron chi connectivity index (χ3n) is 3.53. The Kier molecular flexibility index (Phi) is 4.06. The zero-order valence-corrected chi connectivity index (χ0v) is 13.0. The standard InChI is InChI=1S/C17H17FN4O/c1-11(2)12-3-5-15(19-8-12)21-17(23)7-14-10-22-9-13(18)4-6-16(22)20-14/h3-6,8-11H,7H2,1-2H3,(H,19,21,23). The van der Waals surface area contributed by atoms with Gasteiger partial charge in [-0.25, -0.2) is 14.4 Å². The number of hydrogen-bond acceptors (Lipinski definition) is 3. The molecule has 0 aliphatic carbocycles. The largest absolute Gasteiger partial charge is 0.310 e. The number of nitrogens with one attached hydrogen (secondary N) is 1. The lowest BCUT2D eigenvalue weighted by Crippen LogP contribution is -2.15. The zero-order chi connectivity index (χ0) is 16.4. The number of carbonyl (C=O) groups excluding carboxylic acids is 1. The van der Waals surface area contributed by atoms with E-state index in [1.165, 1.54) is 12.3 Å². The van der Waals surface area contributed by atoms with Crippen molar-refractivity contribution in [1.29, 1.82) is 0 Å². The van der Waals surface area contributed by atoms with Gasteiger partial charge in [0.05, 0.1) is 12.1 Å². The van der Waals surface area contributed by atoms with Gasteiger partial charge in [0.15, 0.2) is 0 Å². The first kappa shape index (κ1) is 15.1. The van der Waals surface area contributed by atoms with Crippen LogP contribution in [-0.4, -0.2) is 20.3 Å². The van der Waals surface area contributed by atoms with Crippen LogP contribution >= 0.6 is 0 Å². The average Bonchev–Trinajstić information content (AvgIpc) is 2.88. The van der Waals surface area contributed by atoms with Crippen LogP contribution in [0.2, 0.25) is 0 Å². The summed E-state index contributed by atoms with van der Waals surface area (Å²) in [5.74, 6) is 0.346. The van der Waals surface area contributed by atoms with Crippen molar-refractivity contribution in [2.75, 3.05) is 5.32 Å². The summed E-state index contributed by atoms with van der Waals surface area (Å²) in [6.45, 7) is 4.17. The molecule has 3 aromatic rings. The lowest BCUT2D eigenvalue weighted by Gasteiger charge is -2.06. The predicted octanol–water partition coefficient (Wildman–Crippen LogP) is 3.17. The van der Waals surface area contributed by atoms with E-state index in [1.807, 2.05) is 6.07 Å². The van der Waals surface area contributed by atoms with Crippen LogP contribution in [0.4, 0.5) is 10.2 Å². The maximum atomic E-state index is 13.1. The maximum Gasteiger partial charge on any atom is 0.231 e. The number of imidazole rings is 1. The number of halogens is 1. The summed E-state index contributed by atoms with van der Waals surface area (Å²) in [5, 5.41) is 2.74. The van der Waals surface area contributed by atoms with Crippen LogP contribution in [-0.2, 0) is 11.2 Å². The van der Waals surface area contributed by atoms with Crippen molar-refractivity contribution in [3.63, 3.8) is 0 Å². The lowest BCUT2D eigenvalue weighted by atomic mass is 10.1. The number of aromatic nitrogens is 3. The van der Waals surface area contributed by atoms with Crippen molar-refractivity contribution >= 4 is 17.4 Å². The molecule has 0 radical (unpaired) electrons. The number of amides is 1. The van der Waals surface area contributed by atoms with Gasteiger partial charge in [-0.05, 0) is 29.7 Å². The Morgan fingerprint density at radius 2 is 2.09 bits per heavy atom. The van der Waals surface area contributed by atoms with Crippen LogP contribution in [0.15, 0.2) is 42.9 Å². The van der Waals surface area contributed by atoms with Gasteiger partial charge in [-0.3, -0.25) is 4.79 Å². The summed E-state index contributed by atoms with van der Waals surface area (Å²) < 4.78 is 14.7. The average molecular weight is 312 g/mol. The van der Waals surface area contributed by atoms with E-state index in [4.69, 9.17) is 0 Å². The smallest absolute Gasteiger partial charge is 0.231 e. The van der Waals surface area contributed by atoms with Crippen molar-refractivity contribution in [2.24, 2.45) is 0 Å². The van der Waals surface area contributed by atoms with E-state index < -0.39 is 0 Å². The molecule has 3 rings (SSSR count). The molecule has 0 saturated heterocycles. The van der Waals surface area contributed by atoms with Crippen molar-refractivity contribution in [3.8, 4) is 0 Å². The van der Waals surface area contributed by atoms with Crippen molar-refractivity contribution in [3.05, 3.63) is 59.9 Å². The molecule has 0 aliphatic rings. The van der Waals surface area contributed by atoms with Gasteiger partial charge in [-0.15, -0.1) is 0 Å². The van der Waals surface area contributed by atoms with E-state index in [9.17, 15) is 9.18 Å². The first-order chi connectivity index (χ1) is 11.0. The molecule has 3 aromatic heterocycles. The molecule has 23 heavy (non-hydrogen) atoms. The molecule has 0 fully saturated rings. The molecule has 5 nitrogen and oxygen atoms in total. The fraction of sp³-hybridized carbons (Fsp3) is 0.235. The molecule has 0 aliphatic heterocycles. The lowest BCUT2D eigenvalue weighted by molar-refractivity contribution is -0.115. The van der Waals surface area contributed by atoms with Gasteiger partial charge in [0.2, 0.25) is 5.91 Å². The van der Waals surface area contributed by atoms with Gasteiger partial charge in [0, 0.05) is 18.6 Å². The van der Waals surface area contributed by atoms with Gasteiger partial charge >= 0.3 is 0 Å². The zero-order valence-electron chi connectivity index (χ0n) is 13.0. The Labute approximate surface area is 133 Å². The Balaban J connectivity index is 1.68. The van der Waals surface area contributed by atoms with Crippen LogP contribution in [0.25, 0.3) is 5.65 Å². The number of nitrogens with zero attached hydrogens (tertiary/aromatic N) is 3. The van der Waals surface area contributed by atoms with E-state index in [-0.39, 0.29) is 18.1 Å². The van der Waals surface area contributed by atoms with Crippen molar-refractivity contribution in [1.82, 2.24) is 14.4 Å². The minimum Gasteiger partial charge on any atom is -0.310 e. The highest BCUT2D eigenvalue weighted by atomic mass is 19.1. The summed E-state index contributed by atoms with van der Waals surface area (Å²) in [5.41, 5.74) is 2.30. The second-order valence-electron chi connectivity index (χ2n) is 5.70. The van der Waals surface area contributed by atoms with Gasteiger partial charge in [-0.1, -0.05) is 19.9 Å². The molecular weight excluding hydrogens is 295 g/mol. The maximum absolute atomic E-state index is 13.1. The molecule has 0 atom stereocenters. The molecule has 0 saturated carbocycles. The highest BCUT2D eigenvalue weighted by molar-refractivity contribution is 5.91. The highest BCUT2D eigenvalue weighted by Gasteiger charge is 2.09. The second-order valence-corrected chi connectivity index (χ2v) is 5.70. The fourth-order valence-electron chi connectivity index (χ4n) is 2.27. The number of rotatable bonds is 4. The Bertz CT molecular complexity index is 839.